The second kappa shape index (κ2) is 7.11. The maximum Gasteiger partial charge on any atom is 0.339 e. The summed E-state index contributed by atoms with van der Waals surface area (Å²) in [6.45, 7) is 5.74. The summed E-state index contributed by atoms with van der Waals surface area (Å²) in [5.41, 5.74) is 2.97. The lowest BCUT2D eigenvalue weighted by Crippen LogP contribution is -2.27. The number of fused-ring (bicyclic) bond motifs is 1. The van der Waals surface area contributed by atoms with Crippen LogP contribution in [0.5, 0.6) is 11.5 Å². The third kappa shape index (κ3) is 3.12. The summed E-state index contributed by atoms with van der Waals surface area (Å²) in [4.78, 5) is 27.8. The van der Waals surface area contributed by atoms with E-state index in [4.69, 9.17) is 14.2 Å². The van der Waals surface area contributed by atoms with Gasteiger partial charge in [-0.15, -0.1) is 0 Å². The fraction of sp³-hybridized carbons (Fsp3) is 0.368. The van der Waals surface area contributed by atoms with E-state index >= 15 is 0 Å². The topological polar surface area (TPSA) is 89.7 Å². The first-order chi connectivity index (χ1) is 12.5. The fourth-order valence-electron chi connectivity index (χ4n) is 3.06. The molecule has 3 rings (SSSR count). The van der Waals surface area contributed by atoms with Crippen molar-refractivity contribution in [3.63, 3.8) is 0 Å². The molecular formula is C19H22N2O5. The van der Waals surface area contributed by atoms with Crippen LogP contribution in [0, 0.1) is 6.92 Å². The standard InChI is InChI=1S/C19H22N2O5/c1-5-13-16(19(23)24-4)10(2)17(21-13)18(22)20-11(3)12-6-7-14-15(8-12)26-9-25-14/h6-8,11,21H,5,9H2,1-4H3,(H,20,22). The minimum atomic E-state index is -0.446. The smallest absolute Gasteiger partial charge is 0.339 e. The van der Waals surface area contributed by atoms with Gasteiger partial charge in [-0.1, -0.05) is 13.0 Å². The highest BCUT2D eigenvalue weighted by atomic mass is 16.7. The van der Waals surface area contributed by atoms with Gasteiger partial charge in [0.05, 0.1) is 18.7 Å². The summed E-state index contributed by atoms with van der Waals surface area (Å²) in [5.74, 6) is 0.639. The summed E-state index contributed by atoms with van der Waals surface area (Å²) in [6, 6.07) is 5.32. The van der Waals surface area contributed by atoms with E-state index in [9.17, 15) is 9.59 Å². The molecule has 0 bridgehead atoms. The maximum atomic E-state index is 12.7. The van der Waals surface area contributed by atoms with Crippen molar-refractivity contribution < 1.29 is 23.8 Å². The molecule has 0 saturated heterocycles. The van der Waals surface area contributed by atoms with Crippen molar-refractivity contribution in [3.05, 3.63) is 46.3 Å². The van der Waals surface area contributed by atoms with E-state index < -0.39 is 5.97 Å². The van der Waals surface area contributed by atoms with Crippen molar-refractivity contribution in [3.8, 4) is 11.5 Å². The number of esters is 1. The van der Waals surface area contributed by atoms with Gasteiger partial charge in [0.1, 0.15) is 5.69 Å². The number of methoxy groups -OCH3 is 1. The van der Waals surface area contributed by atoms with Crippen LogP contribution < -0.4 is 14.8 Å². The maximum absolute atomic E-state index is 12.7. The molecular weight excluding hydrogens is 336 g/mol. The molecule has 0 aliphatic carbocycles. The van der Waals surface area contributed by atoms with Crippen LogP contribution in [-0.2, 0) is 11.2 Å². The Labute approximate surface area is 151 Å². The number of carbonyl (C=O) groups excluding carboxylic acids is 2. The number of aromatic nitrogens is 1. The molecule has 0 saturated carbocycles. The highest BCUT2D eigenvalue weighted by Gasteiger charge is 2.25. The van der Waals surface area contributed by atoms with Crippen molar-refractivity contribution in [1.29, 1.82) is 0 Å². The average molecular weight is 358 g/mol. The van der Waals surface area contributed by atoms with Crippen LogP contribution in [0.4, 0.5) is 0 Å². The van der Waals surface area contributed by atoms with Gasteiger partial charge < -0.3 is 24.5 Å². The van der Waals surface area contributed by atoms with Crippen LogP contribution in [0.25, 0.3) is 0 Å². The molecule has 1 aromatic carbocycles. The SMILES string of the molecule is CCc1[nH]c(C(=O)NC(C)c2ccc3c(c2)OCO3)c(C)c1C(=O)OC. The molecule has 1 aromatic heterocycles. The Balaban J connectivity index is 1.81. The largest absolute Gasteiger partial charge is 0.465 e. The third-order valence-corrected chi connectivity index (χ3v) is 4.54. The zero-order chi connectivity index (χ0) is 18.8. The number of H-pyrrole nitrogens is 1. The molecule has 1 amide bonds. The molecule has 2 heterocycles. The van der Waals surface area contributed by atoms with Crippen molar-refractivity contribution in [2.75, 3.05) is 13.9 Å². The van der Waals surface area contributed by atoms with E-state index in [0.29, 0.717) is 40.4 Å². The molecule has 0 spiro atoms. The number of rotatable bonds is 5. The summed E-state index contributed by atoms with van der Waals surface area (Å²) >= 11 is 0. The normalized spacial score (nSPS) is 13.4. The quantitative estimate of drug-likeness (QED) is 0.802. The fourth-order valence-corrected chi connectivity index (χ4v) is 3.06. The monoisotopic (exact) mass is 358 g/mol. The van der Waals surface area contributed by atoms with Gasteiger partial charge in [0, 0.05) is 5.69 Å². The lowest BCUT2D eigenvalue weighted by Gasteiger charge is -2.14. The Bertz CT molecular complexity index is 856. The van der Waals surface area contributed by atoms with Gasteiger partial charge >= 0.3 is 5.97 Å². The minimum absolute atomic E-state index is 0.206. The molecule has 2 N–H and O–H groups in total. The second-order valence-corrected chi connectivity index (χ2v) is 6.13. The van der Waals surface area contributed by atoms with Crippen LogP contribution >= 0.6 is 0 Å². The van der Waals surface area contributed by atoms with Gasteiger partial charge in [0.25, 0.3) is 5.91 Å². The Morgan fingerprint density at radius 1 is 1.31 bits per heavy atom. The Morgan fingerprint density at radius 2 is 2.04 bits per heavy atom. The first kappa shape index (κ1) is 17.8. The highest BCUT2D eigenvalue weighted by molar-refractivity contribution is 6.00. The second-order valence-electron chi connectivity index (χ2n) is 6.13. The molecule has 1 atom stereocenters. The molecule has 26 heavy (non-hydrogen) atoms. The minimum Gasteiger partial charge on any atom is -0.465 e. The number of amides is 1. The van der Waals surface area contributed by atoms with Crippen LogP contribution in [-0.4, -0.2) is 30.8 Å². The van der Waals surface area contributed by atoms with E-state index in [1.54, 1.807) is 6.92 Å². The van der Waals surface area contributed by atoms with Crippen molar-refractivity contribution in [2.45, 2.75) is 33.2 Å². The van der Waals surface area contributed by atoms with Gasteiger partial charge in [0.2, 0.25) is 6.79 Å². The summed E-state index contributed by atoms with van der Waals surface area (Å²) in [7, 11) is 1.33. The van der Waals surface area contributed by atoms with Crippen LogP contribution in [0.2, 0.25) is 0 Å². The number of aromatic amines is 1. The van der Waals surface area contributed by atoms with E-state index in [1.807, 2.05) is 32.0 Å². The van der Waals surface area contributed by atoms with E-state index in [0.717, 1.165) is 5.56 Å². The Kier molecular flexibility index (Phi) is 4.88. The van der Waals surface area contributed by atoms with E-state index in [2.05, 4.69) is 10.3 Å². The lowest BCUT2D eigenvalue weighted by atomic mass is 10.1. The first-order valence-corrected chi connectivity index (χ1v) is 8.46. The molecule has 1 unspecified atom stereocenters. The van der Waals surface area contributed by atoms with Crippen LogP contribution in [0.3, 0.4) is 0 Å². The van der Waals surface area contributed by atoms with E-state index in [1.165, 1.54) is 7.11 Å². The van der Waals surface area contributed by atoms with Crippen LogP contribution in [0.1, 0.15) is 57.6 Å². The zero-order valence-electron chi connectivity index (χ0n) is 15.3. The Hall–Kier alpha value is -2.96. The molecule has 138 valence electrons. The van der Waals surface area contributed by atoms with Gasteiger partial charge in [0.15, 0.2) is 11.5 Å². The average Bonchev–Trinajstić information content (AvgIpc) is 3.24. The van der Waals surface area contributed by atoms with Gasteiger partial charge in [-0.05, 0) is 43.5 Å². The first-order valence-electron chi connectivity index (χ1n) is 8.46. The molecule has 0 fully saturated rings. The van der Waals surface area contributed by atoms with Crippen molar-refractivity contribution in [1.82, 2.24) is 10.3 Å². The summed E-state index contributed by atoms with van der Waals surface area (Å²) in [6.07, 6.45) is 0.594. The third-order valence-electron chi connectivity index (χ3n) is 4.54. The van der Waals surface area contributed by atoms with Gasteiger partial charge in [-0.25, -0.2) is 4.79 Å². The summed E-state index contributed by atoms with van der Waals surface area (Å²) < 4.78 is 15.5. The molecule has 1 aliphatic rings. The zero-order valence-corrected chi connectivity index (χ0v) is 15.3. The molecule has 7 nitrogen and oxygen atoms in total. The van der Waals surface area contributed by atoms with Crippen molar-refractivity contribution >= 4 is 11.9 Å². The predicted octanol–water partition coefficient (Wildman–Crippen LogP) is 2.89. The van der Waals surface area contributed by atoms with Crippen LogP contribution in [0.15, 0.2) is 18.2 Å². The molecule has 2 aromatic rings. The Morgan fingerprint density at radius 3 is 2.73 bits per heavy atom. The highest BCUT2D eigenvalue weighted by Crippen LogP contribution is 2.34. The molecule has 1 aliphatic heterocycles. The molecule has 0 radical (unpaired) electrons. The predicted molar refractivity (Wildman–Crippen MR) is 94.7 cm³/mol. The number of nitrogens with one attached hydrogen (secondary N) is 2. The number of aryl methyl sites for hydroxylation is 1. The van der Waals surface area contributed by atoms with Crippen molar-refractivity contribution in [2.24, 2.45) is 0 Å². The van der Waals surface area contributed by atoms with E-state index in [-0.39, 0.29) is 18.7 Å². The number of ether oxygens (including phenoxy) is 3. The lowest BCUT2D eigenvalue weighted by molar-refractivity contribution is 0.0599. The van der Waals surface area contributed by atoms with Gasteiger partial charge in [-0.2, -0.15) is 0 Å². The number of hydrogen-bond acceptors (Lipinski definition) is 5. The molecule has 7 heteroatoms. The number of carbonyl (C=O) groups is 2. The summed E-state index contributed by atoms with van der Waals surface area (Å²) in [5, 5.41) is 2.95. The number of benzene rings is 1. The van der Waals surface area contributed by atoms with Gasteiger partial charge in [-0.3, -0.25) is 4.79 Å². The number of hydrogen-bond donors (Lipinski definition) is 2.